The van der Waals surface area contributed by atoms with Crippen LogP contribution in [0.1, 0.15) is 37.4 Å². The number of likely N-dealkylation sites (tertiary alicyclic amines) is 1. The predicted molar refractivity (Wildman–Crippen MR) is 142 cm³/mol. The molecule has 194 valence electrons. The van der Waals surface area contributed by atoms with E-state index in [0.29, 0.717) is 25.2 Å². The molecule has 2 N–H and O–H groups in total. The van der Waals surface area contributed by atoms with Crippen molar-refractivity contribution >= 4 is 39.1 Å². The molecule has 2 aromatic rings. The van der Waals surface area contributed by atoms with Gasteiger partial charge >= 0.3 is 0 Å². The number of hydrogen-bond acceptors (Lipinski definition) is 7. The quantitative estimate of drug-likeness (QED) is 0.504. The van der Waals surface area contributed by atoms with E-state index in [1.165, 1.54) is 0 Å². The van der Waals surface area contributed by atoms with Gasteiger partial charge in [0.2, 0.25) is 5.91 Å². The topological polar surface area (TPSA) is 115 Å². The predicted octanol–water partition coefficient (Wildman–Crippen LogP) is 1.48. The fourth-order valence-corrected chi connectivity index (χ4v) is 7.85. The molecule has 9 nitrogen and oxygen atoms in total. The van der Waals surface area contributed by atoms with Gasteiger partial charge in [0, 0.05) is 32.0 Å². The molecule has 0 radical (unpaired) electrons. The van der Waals surface area contributed by atoms with Crippen molar-refractivity contribution in [2.75, 3.05) is 25.6 Å². The number of carbonyl (C=O) groups is 2. The van der Waals surface area contributed by atoms with Crippen LogP contribution in [-0.2, 0) is 25.2 Å². The van der Waals surface area contributed by atoms with E-state index in [1.54, 1.807) is 35.7 Å². The molecule has 2 saturated heterocycles. The zero-order valence-corrected chi connectivity index (χ0v) is 22.7. The SMILES string of the molecule is Cc1ncsc1-c1ccc([C@]2(C)NC(C3C[C@@H](O)CN3C(=O)[C@H]3CCCN3[SH](C)(C)=O)=NC2=O)cc1. The number of benzene rings is 1. The van der Waals surface area contributed by atoms with Crippen LogP contribution in [0.5, 0.6) is 0 Å². The first-order valence-electron chi connectivity index (χ1n) is 12.2. The van der Waals surface area contributed by atoms with Gasteiger partial charge in [0.05, 0.1) is 34.3 Å². The van der Waals surface area contributed by atoms with Crippen LogP contribution in [-0.4, -0.2) is 84.9 Å². The minimum atomic E-state index is -2.60. The Morgan fingerprint density at radius 2 is 2.00 bits per heavy atom. The summed E-state index contributed by atoms with van der Waals surface area (Å²) in [6.07, 6.45) is 4.39. The summed E-state index contributed by atoms with van der Waals surface area (Å²) in [7, 11) is -2.60. The van der Waals surface area contributed by atoms with Crippen molar-refractivity contribution in [3.05, 3.63) is 41.0 Å². The van der Waals surface area contributed by atoms with Gasteiger partial charge in [-0.1, -0.05) is 34.4 Å². The van der Waals surface area contributed by atoms with E-state index in [1.807, 2.05) is 41.0 Å². The molecule has 11 heteroatoms. The Kier molecular flexibility index (Phi) is 6.39. The molecule has 2 fully saturated rings. The van der Waals surface area contributed by atoms with Crippen molar-refractivity contribution in [3.8, 4) is 10.4 Å². The molecule has 2 amide bonds. The Bertz CT molecular complexity index is 1270. The first-order valence-corrected chi connectivity index (χ1v) is 15.7. The van der Waals surface area contributed by atoms with Gasteiger partial charge in [0.25, 0.3) is 5.91 Å². The van der Waals surface area contributed by atoms with Crippen LogP contribution in [0.25, 0.3) is 10.4 Å². The standard InChI is InChI=1S/C25H33N5O4S2/c1-15-21(35-14-26-15)16-7-9-17(10-8-16)25(2)24(33)27-22(28-25)20-12-18(31)13-29(20)23(32)19-6-5-11-30(19)36(3,4)34/h7-10,14,18-20,31,36H,5-6,11-13H2,1-4H3,(H,27,28,33)/t18-,19-,20?,25+/m1/s1. The van der Waals surface area contributed by atoms with Gasteiger partial charge in [0.15, 0.2) is 0 Å². The maximum absolute atomic E-state index is 13.6. The average molecular weight is 532 g/mol. The minimum absolute atomic E-state index is 0.159. The van der Waals surface area contributed by atoms with Crippen LogP contribution in [0.15, 0.2) is 34.8 Å². The molecule has 5 rings (SSSR count). The molecule has 1 aromatic heterocycles. The van der Waals surface area contributed by atoms with Crippen molar-refractivity contribution in [1.82, 2.24) is 19.5 Å². The Hall–Kier alpha value is -2.47. The van der Waals surface area contributed by atoms with Crippen LogP contribution in [0.2, 0.25) is 0 Å². The van der Waals surface area contributed by atoms with Crippen LogP contribution < -0.4 is 5.32 Å². The fourth-order valence-electron chi connectivity index (χ4n) is 5.53. The lowest BCUT2D eigenvalue weighted by Gasteiger charge is -2.35. The van der Waals surface area contributed by atoms with E-state index in [9.17, 15) is 18.9 Å². The van der Waals surface area contributed by atoms with Gasteiger partial charge < -0.3 is 15.3 Å². The van der Waals surface area contributed by atoms with E-state index in [0.717, 1.165) is 28.1 Å². The number of aliphatic hydroxyl groups excluding tert-OH is 1. The summed E-state index contributed by atoms with van der Waals surface area (Å²) < 4.78 is 14.6. The van der Waals surface area contributed by atoms with Crippen LogP contribution >= 0.6 is 11.3 Å². The highest BCUT2D eigenvalue weighted by Crippen LogP contribution is 2.34. The smallest absolute Gasteiger partial charge is 0.277 e. The van der Waals surface area contributed by atoms with Crippen molar-refractivity contribution in [2.24, 2.45) is 4.99 Å². The van der Waals surface area contributed by atoms with Crippen LogP contribution in [0.3, 0.4) is 0 Å². The molecule has 1 aromatic carbocycles. The number of thiol groups is 1. The molecular formula is C25H33N5O4S2. The third-order valence-corrected chi connectivity index (χ3v) is 10.2. The fraction of sp³-hybridized carbons (Fsp3) is 0.520. The number of rotatable bonds is 5. The highest BCUT2D eigenvalue weighted by molar-refractivity contribution is 7.99. The Morgan fingerprint density at radius 1 is 1.28 bits per heavy atom. The summed E-state index contributed by atoms with van der Waals surface area (Å²) in [5.41, 5.74) is 3.52. The molecule has 1 unspecified atom stereocenters. The van der Waals surface area contributed by atoms with Crippen molar-refractivity contribution in [1.29, 1.82) is 0 Å². The van der Waals surface area contributed by atoms with E-state index < -0.39 is 33.8 Å². The molecule has 3 aliphatic rings. The maximum Gasteiger partial charge on any atom is 0.277 e. The Balaban J connectivity index is 1.37. The second-order valence-electron chi connectivity index (χ2n) is 10.4. The summed E-state index contributed by atoms with van der Waals surface area (Å²) in [6, 6.07) is 6.78. The summed E-state index contributed by atoms with van der Waals surface area (Å²) in [5.74, 6) is -0.0922. The zero-order valence-electron chi connectivity index (χ0n) is 21.0. The number of thiazole rings is 1. The van der Waals surface area contributed by atoms with E-state index in [2.05, 4.69) is 15.3 Å². The largest absolute Gasteiger partial charge is 0.391 e. The third-order valence-electron chi connectivity index (χ3n) is 7.50. The van der Waals surface area contributed by atoms with Crippen LogP contribution in [0, 0.1) is 6.92 Å². The van der Waals surface area contributed by atoms with Gasteiger partial charge in [0.1, 0.15) is 11.4 Å². The van der Waals surface area contributed by atoms with E-state index in [4.69, 9.17) is 0 Å². The number of aliphatic imine (C=N–C) groups is 1. The monoisotopic (exact) mass is 531 g/mol. The average Bonchev–Trinajstić information content (AvgIpc) is 3.60. The number of carbonyl (C=O) groups excluding carboxylic acids is 2. The lowest BCUT2D eigenvalue weighted by Crippen LogP contribution is -2.54. The Labute approximate surface area is 216 Å². The van der Waals surface area contributed by atoms with Gasteiger partial charge in [-0.15, -0.1) is 11.3 Å². The summed E-state index contributed by atoms with van der Waals surface area (Å²) >= 11 is 1.57. The summed E-state index contributed by atoms with van der Waals surface area (Å²) in [4.78, 5) is 38.1. The summed E-state index contributed by atoms with van der Waals surface area (Å²) in [5, 5.41) is 13.8. The number of nitrogens with zero attached hydrogens (tertiary/aromatic N) is 4. The van der Waals surface area contributed by atoms with Crippen LogP contribution in [0.4, 0.5) is 0 Å². The molecule has 0 spiro atoms. The molecule has 0 bridgehead atoms. The van der Waals surface area contributed by atoms with Gasteiger partial charge in [-0.05, 0) is 37.8 Å². The molecule has 3 aliphatic heterocycles. The molecule has 0 aliphatic carbocycles. The minimum Gasteiger partial charge on any atom is -0.391 e. The van der Waals surface area contributed by atoms with Crippen molar-refractivity contribution in [3.63, 3.8) is 0 Å². The number of aromatic nitrogens is 1. The van der Waals surface area contributed by atoms with Gasteiger partial charge in [-0.3, -0.25) is 13.8 Å². The number of aryl methyl sites for hydroxylation is 1. The third kappa shape index (κ3) is 4.31. The molecule has 4 atom stereocenters. The second-order valence-corrected chi connectivity index (χ2v) is 14.4. The highest BCUT2D eigenvalue weighted by Gasteiger charge is 2.49. The Morgan fingerprint density at radius 3 is 2.64 bits per heavy atom. The maximum atomic E-state index is 13.6. The molecule has 36 heavy (non-hydrogen) atoms. The van der Waals surface area contributed by atoms with Gasteiger partial charge in [-0.2, -0.15) is 4.99 Å². The molecule has 4 heterocycles. The lowest BCUT2D eigenvalue weighted by atomic mass is 9.91. The van der Waals surface area contributed by atoms with E-state index in [-0.39, 0.29) is 18.4 Å². The van der Waals surface area contributed by atoms with E-state index >= 15 is 0 Å². The second kappa shape index (κ2) is 9.13. The van der Waals surface area contributed by atoms with Crippen molar-refractivity contribution < 1.29 is 18.9 Å². The normalized spacial score (nSPS) is 29.5. The van der Waals surface area contributed by atoms with Gasteiger partial charge in [-0.25, -0.2) is 9.29 Å². The van der Waals surface area contributed by atoms with Crippen molar-refractivity contribution in [2.45, 2.75) is 56.8 Å². The first-order chi connectivity index (χ1) is 17.0. The number of nitrogens with one attached hydrogen (secondary N) is 1. The number of β-amino-alcohol motifs (C(OH)–C–C–N with tert-alkyl or cyclic N) is 1. The number of hydrogen-bond donors (Lipinski definition) is 3. The number of amides is 2. The molecule has 0 saturated carbocycles. The highest BCUT2D eigenvalue weighted by atomic mass is 32.3. The zero-order chi connectivity index (χ0) is 25.8. The summed E-state index contributed by atoms with van der Waals surface area (Å²) in [6.45, 7) is 4.55. The first kappa shape index (κ1) is 25.2. The number of amidine groups is 1. The number of aliphatic hydroxyl groups is 1. The lowest BCUT2D eigenvalue weighted by molar-refractivity contribution is -0.134. The molecular weight excluding hydrogens is 498 g/mol.